The van der Waals surface area contributed by atoms with Gasteiger partial charge in [0.25, 0.3) is 5.91 Å². The lowest BCUT2D eigenvalue weighted by Gasteiger charge is -2.30. The van der Waals surface area contributed by atoms with Gasteiger partial charge >= 0.3 is 6.09 Å². The zero-order valence-electron chi connectivity index (χ0n) is 11.8. The number of amides is 2. The third-order valence-corrected chi connectivity index (χ3v) is 4.28. The van der Waals surface area contributed by atoms with Crippen LogP contribution in [-0.4, -0.2) is 41.8 Å². The van der Waals surface area contributed by atoms with Gasteiger partial charge in [0.2, 0.25) is 0 Å². The summed E-state index contributed by atoms with van der Waals surface area (Å²) in [5.74, 6) is 1.02. The Kier molecular flexibility index (Phi) is 2.93. The Balaban J connectivity index is 1.65. The van der Waals surface area contributed by atoms with Gasteiger partial charge in [-0.1, -0.05) is 0 Å². The Labute approximate surface area is 126 Å². The minimum Gasteiger partial charge on any atom is -0.480 e. The lowest BCUT2D eigenvalue weighted by atomic mass is 9.89. The minimum atomic E-state index is -0.417. The Morgan fingerprint density at radius 2 is 2.18 bits per heavy atom. The molecule has 4 rings (SSSR count). The molecule has 0 radical (unpaired) electrons. The number of ether oxygens (including phenoxy) is 2. The molecule has 22 heavy (non-hydrogen) atoms. The third-order valence-electron chi connectivity index (χ3n) is 4.28. The van der Waals surface area contributed by atoms with Crippen molar-refractivity contribution in [2.45, 2.75) is 37.5 Å². The quantitative estimate of drug-likeness (QED) is 0.787. The summed E-state index contributed by atoms with van der Waals surface area (Å²) in [6, 6.07) is 3.41. The number of aromatic nitrogens is 1. The van der Waals surface area contributed by atoms with Crippen molar-refractivity contribution in [3.63, 3.8) is 0 Å². The van der Waals surface area contributed by atoms with Gasteiger partial charge in [-0.2, -0.15) is 0 Å². The molecule has 2 amide bonds. The summed E-state index contributed by atoms with van der Waals surface area (Å²) in [5, 5.41) is 2.64. The highest BCUT2D eigenvalue weighted by molar-refractivity contribution is 5.95. The van der Waals surface area contributed by atoms with Crippen LogP contribution in [0.5, 0.6) is 5.75 Å². The summed E-state index contributed by atoms with van der Waals surface area (Å²) in [4.78, 5) is 29.5. The van der Waals surface area contributed by atoms with Crippen molar-refractivity contribution in [3.05, 3.63) is 12.1 Å². The van der Waals surface area contributed by atoms with E-state index in [1.165, 1.54) is 0 Å². The number of rotatable bonds is 1. The first-order valence-corrected chi connectivity index (χ1v) is 7.31. The van der Waals surface area contributed by atoms with Gasteiger partial charge in [0, 0.05) is 12.5 Å². The van der Waals surface area contributed by atoms with E-state index in [2.05, 4.69) is 10.3 Å². The summed E-state index contributed by atoms with van der Waals surface area (Å²) < 4.78 is 10.7. The zero-order valence-corrected chi connectivity index (χ0v) is 11.8. The summed E-state index contributed by atoms with van der Waals surface area (Å²) in [7, 11) is 0. The predicted molar refractivity (Wildman–Crippen MR) is 76.7 cm³/mol. The van der Waals surface area contributed by atoms with E-state index in [4.69, 9.17) is 15.2 Å². The van der Waals surface area contributed by atoms with Gasteiger partial charge in [-0.15, -0.1) is 0 Å². The fraction of sp³-hybridized carbons (Fsp3) is 0.500. The SMILES string of the molecule is N[C@H]1CC[C@H]2[C@H](C1)OC(=O)N2c1ccc2c(n1)NC(=O)CO2. The molecule has 3 heterocycles. The molecule has 2 fully saturated rings. The highest BCUT2D eigenvalue weighted by Gasteiger charge is 2.46. The number of fused-ring (bicyclic) bond motifs is 2. The molecule has 0 aromatic carbocycles. The van der Waals surface area contributed by atoms with Crippen LogP contribution >= 0.6 is 0 Å². The van der Waals surface area contributed by atoms with Gasteiger partial charge in [-0.3, -0.25) is 9.69 Å². The highest BCUT2D eigenvalue weighted by atomic mass is 16.6. The molecular formula is C14H16N4O4. The van der Waals surface area contributed by atoms with Crippen LogP contribution in [0.1, 0.15) is 19.3 Å². The van der Waals surface area contributed by atoms with Crippen molar-refractivity contribution in [1.82, 2.24) is 4.98 Å². The van der Waals surface area contributed by atoms with Crippen molar-refractivity contribution >= 4 is 23.6 Å². The number of hydrogen-bond acceptors (Lipinski definition) is 6. The lowest BCUT2D eigenvalue weighted by Crippen LogP contribution is -2.44. The second-order valence-corrected chi connectivity index (χ2v) is 5.79. The first-order chi connectivity index (χ1) is 10.6. The average Bonchev–Trinajstić information content (AvgIpc) is 2.81. The van der Waals surface area contributed by atoms with Gasteiger partial charge in [-0.05, 0) is 25.0 Å². The molecule has 1 aromatic rings. The topological polar surface area (TPSA) is 107 Å². The van der Waals surface area contributed by atoms with Crippen LogP contribution in [0, 0.1) is 0 Å². The molecule has 8 heteroatoms. The average molecular weight is 304 g/mol. The van der Waals surface area contributed by atoms with Gasteiger partial charge in [0.05, 0.1) is 6.04 Å². The van der Waals surface area contributed by atoms with Crippen LogP contribution in [-0.2, 0) is 9.53 Å². The smallest absolute Gasteiger partial charge is 0.416 e. The molecule has 0 bridgehead atoms. The first kappa shape index (κ1) is 13.3. The summed E-state index contributed by atoms with van der Waals surface area (Å²) in [6.45, 7) is -0.0254. The highest BCUT2D eigenvalue weighted by Crippen LogP contribution is 2.36. The van der Waals surface area contributed by atoms with Gasteiger partial charge in [0.15, 0.2) is 18.2 Å². The number of hydrogen-bond donors (Lipinski definition) is 2. The standard InChI is InChI=1S/C14H16N4O4/c15-7-1-2-8-10(5-7)22-14(20)18(8)11-4-3-9-13(16-11)17-12(19)6-21-9/h3-4,7-8,10H,1-2,5-6,15H2,(H,16,17,19)/t7-,8-,10-/m0/s1. The van der Waals surface area contributed by atoms with Crippen LogP contribution in [0.25, 0.3) is 0 Å². The maximum absolute atomic E-state index is 12.2. The number of anilines is 2. The molecule has 1 saturated heterocycles. The molecule has 0 unspecified atom stereocenters. The first-order valence-electron chi connectivity index (χ1n) is 7.31. The van der Waals surface area contributed by atoms with E-state index in [0.29, 0.717) is 23.8 Å². The molecule has 0 spiro atoms. The van der Waals surface area contributed by atoms with Gasteiger partial charge < -0.3 is 20.5 Å². The van der Waals surface area contributed by atoms with Crippen LogP contribution in [0.2, 0.25) is 0 Å². The Hall–Kier alpha value is -2.35. The van der Waals surface area contributed by atoms with Crippen molar-refractivity contribution < 1.29 is 19.1 Å². The third kappa shape index (κ3) is 2.07. The van der Waals surface area contributed by atoms with E-state index < -0.39 is 6.09 Å². The maximum atomic E-state index is 12.2. The summed E-state index contributed by atoms with van der Waals surface area (Å²) >= 11 is 0. The largest absolute Gasteiger partial charge is 0.480 e. The molecule has 3 aliphatic rings. The van der Waals surface area contributed by atoms with E-state index in [-0.39, 0.29) is 30.7 Å². The Morgan fingerprint density at radius 3 is 3.05 bits per heavy atom. The molecule has 3 N–H and O–H groups in total. The predicted octanol–water partition coefficient (Wildman–Crippen LogP) is 0.617. The second kappa shape index (κ2) is 4.84. The molecular weight excluding hydrogens is 288 g/mol. The van der Waals surface area contributed by atoms with Crippen LogP contribution in [0.3, 0.4) is 0 Å². The van der Waals surface area contributed by atoms with E-state index in [0.717, 1.165) is 12.8 Å². The number of carbonyl (C=O) groups excluding carboxylic acids is 2. The van der Waals surface area contributed by atoms with Crippen molar-refractivity contribution in [2.24, 2.45) is 5.73 Å². The second-order valence-electron chi connectivity index (χ2n) is 5.79. The minimum absolute atomic E-state index is 0.0254. The van der Waals surface area contributed by atoms with Crippen LogP contribution < -0.4 is 20.7 Å². The number of pyridine rings is 1. The molecule has 3 atom stereocenters. The molecule has 1 aromatic heterocycles. The maximum Gasteiger partial charge on any atom is 0.416 e. The van der Waals surface area contributed by atoms with Crippen molar-refractivity contribution in [2.75, 3.05) is 16.8 Å². The van der Waals surface area contributed by atoms with Crippen molar-refractivity contribution in [3.8, 4) is 5.75 Å². The van der Waals surface area contributed by atoms with E-state index in [1.807, 2.05) is 0 Å². The number of nitrogens with one attached hydrogen (secondary N) is 1. The molecule has 8 nitrogen and oxygen atoms in total. The van der Waals surface area contributed by atoms with Crippen molar-refractivity contribution in [1.29, 1.82) is 0 Å². The van der Waals surface area contributed by atoms with Gasteiger partial charge in [0.1, 0.15) is 11.9 Å². The fourth-order valence-corrected chi connectivity index (χ4v) is 3.24. The van der Waals surface area contributed by atoms with Crippen LogP contribution in [0.15, 0.2) is 12.1 Å². The molecule has 1 aliphatic carbocycles. The zero-order chi connectivity index (χ0) is 15.3. The van der Waals surface area contributed by atoms with E-state index in [1.54, 1.807) is 17.0 Å². The molecule has 2 aliphatic heterocycles. The summed E-state index contributed by atoms with van der Waals surface area (Å²) in [6.07, 6.45) is 1.68. The van der Waals surface area contributed by atoms with Gasteiger partial charge in [-0.25, -0.2) is 9.78 Å². The normalized spacial score (nSPS) is 30.0. The van der Waals surface area contributed by atoms with E-state index in [9.17, 15) is 9.59 Å². The Morgan fingerprint density at radius 1 is 1.32 bits per heavy atom. The van der Waals surface area contributed by atoms with E-state index >= 15 is 0 Å². The molecule has 116 valence electrons. The number of nitrogens with two attached hydrogens (primary N) is 1. The number of nitrogens with zero attached hydrogens (tertiary/aromatic N) is 2. The Bertz CT molecular complexity index is 650. The lowest BCUT2D eigenvalue weighted by molar-refractivity contribution is -0.118. The number of carbonyl (C=O) groups is 2. The monoisotopic (exact) mass is 304 g/mol. The van der Waals surface area contributed by atoms with Crippen LogP contribution in [0.4, 0.5) is 16.4 Å². The molecule has 1 saturated carbocycles. The fourth-order valence-electron chi connectivity index (χ4n) is 3.24. The summed E-state index contributed by atoms with van der Waals surface area (Å²) in [5.41, 5.74) is 5.94.